The molecule has 1 unspecified atom stereocenters. The Hall–Kier alpha value is -2.23. The van der Waals surface area contributed by atoms with Crippen molar-refractivity contribution in [3.63, 3.8) is 0 Å². The Morgan fingerprint density at radius 2 is 1.78 bits per heavy atom. The van der Waals surface area contributed by atoms with Gasteiger partial charge in [0, 0.05) is 23.6 Å². The molecule has 1 aliphatic rings. The largest absolute Gasteiger partial charge is 0.351 e. The van der Waals surface area contributed by atoms with Gasteiger partial charge in [-0.05, 0) is 35.6 Å². The topological polar surface area (TPSA) is 29.1 Å². The summed E-state index contributed by atoms with van der Waals surface area (Å²) in [6.07, 6.45) is 0.748. The van der Waals surface area contributed by atoms with Crippen LogP contribution in [0.4, 0.5) is 8.78 Å². The molecule has 1 atom stereocenters. The van der Waals surface area contributed by atoms with Gasteiger partial charge in [0.2, 0.25) is 0 Å². The highest BCUT2D eigenvalue weighted by Gasteiger charge is 2.62. The van der Waals surface area contributed by atoms with Crippen LogP contribution in [0.1, 0.15) is 36.2 Å². The monoisotopic (exact) mass is 315 g/mol. The van der Waals surface area contributed by atoms with Gasteiger partial charge in [-0.1, -0.05) is 38.1 Å². The highest BCUT2D eigenvalue weighted by molar-refractivity contribution is 5.94. The SMILES string of the molecule is CC1(C)CC1(CNC(=O)c1ccccc1)c1ccc(F)cc1F. The van der Waals surface area contributed by atoms with Crippen LogP contribution in [0.25, 0.3) is 0 Å². The Bertz CT molecular complexity index is 742. The third-order valence-corrected chi connectivity index (χ3v) is 4.95. The number of benzene rings is 2. The van der Waals surface area contributed by atoms with Crippen molar-refractivity contribution in [2.75, 3.05) is 6.54 Å². The Balaban J connectivity index is 1.82. The maximum atomic E-state index is 14.2. The summed E-state index contributed by atoms with van der Waals surface area (Å²) in [5.41, 5.74) is 0.406. The Kier molecular flexibility index (Phi) is 3.71. The lowest BCUT2D eigenvalue weighted by Gasteiger charge is -2.22. The van der Waals surface area contributed by atoms with Crippen molar-refractivity contribution in [1.82, 2.24) is 5.32 Å². The summed E-state index contributed by atoms with van der Waals surface area (Å²) < 4.78 is 27.4. The molecule has 2 aromatic carbocycles. The van der Waals surface area contributed by atoms with Crippen molar-refractivity contribution in [1.29, 1.82) is 0 Å². The van der Waals surface area contributed by atoms with Crippen molar-refractivity contribution in [3.8, 4) is 0 Å². The van der Waals surface area contributed by atoms with Crippen LogP contribution < -0.4 is 5.32 Å². The number of halogens is 2. The maximum absolute atomic E-state index is 14.2. The van der Waals surface area contributed by atoms with E-state index >= 15 is 0 Å². The fourth-order valence-corrected chi connectivity index (χ4v) is 3.37. The first-order chi connectivity index (χ1) is 10.9. The second-order valence-electron chi connectivity index (χ2n) is 6.82. The molecule has 1 aliphatic carbocycles. The van der Waals surface area contributed by atoms with E-state index in [1.54, 1.807) is 24.3 Å². The van der Waals surface area contributed by atoms with Gasteiger partial charge in [-0.25, -0.2) is 8.78 Å². The van der Waals surface area contributed by atoms with Crippen LogP contribution in [0.5, 0.6) is 0 Å². The lowest BCUT2D eigenvalue weighted by atomic mass is 9.87. The maximum Gasteiger partial charge on any atom is 0.251 e. The van der Waals surface area contributed by atoms with Crippen molar-refractivity contribution in [2.24, 2.45) is 5.41 Å². The van der Waals surface area contributed by atoms with Gasteiger partial charge in [-0.15, -0.1) is 0 Å². The third kappa shape index (κ3) is 2.74. The van der Waals surface area contributed by atoms with Crippen LogP contribution >= 0.6 is 0 Å². The highest BCUT2D eigenvalue weighted by atomic mass is 19.1. The van der Waals surface area contributed by atoms with E-state index in [-0.39, 0.29) is 11.3 Å². The van der Waals surface area contributed by atoms with Gasteiger partial charge in [0.05, 0.1) is 0 Å². The zero-order valence-corrected chi connectivity index (χ0v) is 13.2. The Morgan fingerprint density at radius 3 is 2.35 bits per heavy atom. The smallest absolute Gasteiger partial charge is 0.251 e. The van der Waals surface area contributed by atoms with Gasteiger partial charge in [-0.2, -0.15) is 0 Å². The predicted molar refractivity (Wildman–Crippen MR) is 85.2 cm³/mol. The van der Waals surface area contributed by atoms with Gasteiger partial charge in [0.15, 0.2) is 0 Å². The molecular formula is C19H19F2NO. The molecule has 1 fully saturated rings. The van der Waals surface area contributed by atoms with Crippen LogP contribution in [0.2, 0.25) is 0 Å². The average molecular weight is 315 g/mol. The Morgan fingerprint density at radius 1 is 1.13 bits per heavy atom. The fourth-order valence-electron chi connectivity index (χ4n) is 3.37. The summed E-state index contributed by atoms with van der Waals surface area (Å²) in [7, 11) is 0. The number of carbonyl (C=O) groups excluding carboxylic acids is 1. The molecule has 0 saturated heterocycles. The predicted octanol–water partition coefficient (Wildman–Crippen LogP) is 4.06. The quantitative estimate of drug-likeness (QED) is 0.905. The van der Waals surface area contributed by atoms with Crippen LogP contribution in [-0.2, 0) is 5.41 Å². The molecule has 120 valence electrons. The van der Waals surface area contributed by atoms with Gasteiger partial charge in [0.25, 0.3) is 5.91 Å². The minimum Gasteiger partial charge on any atom is -0.351 e. The molecule has 0 spiro atoms. The molecule has 0 aliphatic heterocycles. The van der Waals surface area contributed by atoms with Gasteiger partial charge < -0.3 is 5.32 Å². The average Bonchev–Trinajstić information content (AvgIpc) is 3.08. The van der Waals surface area contributed by atoms with E-state index in [0.717, 1.165) is 12.5 Å². The number of hydrogen-bond donors (Lipinski definition) is 1. The molecule has 4 heteroatoms. The minimum absolute atomic E-state index is 0.143. The molecule has 0 bridgehead atoms. The van der Waals surface area contributed by atoms with E-state index in [9.17, 15) is 13.6 Å². The molecule has 1 N–H and O–H groups in total. The number of rotatable bonds is 4. The fraction of sp³-hybridized carbons (Fsp3) is 0.316. The van der Waals surface area contributed by atoms with Crippen molar-refractivity contribution in [3.05, 3.63) is 71.3 Å². The molecule has 0 heterocycles. The normalized spacial score (nSPS) is 21.7. The summed E-state index contributed by atoms with van der Waals surface area (Å²) in [6, 6.07) is 12.6. The highest BCUT2D eigenvalue weighted by Crippen LogP contribution is 2.64. The van der Waals surface area contributed by atoms with E-state index in [0.29, 0.717) is 17.7 Å². The number of amides is 1. The molecule has 2 nitrogen and oxygen atoms in total. The summed E-state index contributed by atoms with van der Waals surface area (Å²) >= 11 is 0. The van der Waals surface area contributed by atoms with Gasteiger partial charge in [-0.3, -0.25) is 4.79 Å². The lowest BCUT2D eigenvalue weighted by Crippen LogP contribution is -2.35. The number of carbonyl (C=O) groups is 1. The van der Waals surface area contributed by atoms with Crippen LogP contribution in [0.15, 0.2) is 48.5 Å². The molecule has 2 aromatic rings. The minimum atomic E-state index is -0.590. The molecule has 1 amide bonds. The van der Waals surface area contributed by atoms with Gasteiger partial charge in [0.1, 0.15) is 11.6 Å². The third-order valence-electron chi connectivity index (χ3n) is 4.95. The number of hydrogen-bond acceptors (Lipinski definition) is 1. The van der Waals surface area contributed by atoms with Crippen molar-refractivity contribution >= 4 is 5.91 Å². The van der Waals surface area contributed by atoms with Crippen LogP contribution in [-0.4, -0.2) is 12.5 Å². The molecule has 0 radical (unpaired) electrons. The van der Waals surface area contributed by atoms with Crippen LogP contribution in [0.3, 0.4) is 0 Å². The second kappa shape index (κ2) is 5.44. The molecule has 1 saturated carbocycles. The van der Waals surface area contributed by atoms with E-state index in [4.69, 9.17) is 0 Å². The molecule has 23 heavy (non-hydrogen) atoms. The summed E-state index contributed by atoms with van der Waals surface area (Å²) in [5, 5.41) is 2.90. The van der Waals surface area contributed by atoms with Crippen molar-refractivity contribution < 1.29 is 13.6 Å². The van der Waals surface area contributed by atoms with E-state index in [1.807, 2.05) is 19.9 Å². The van der Waals surface area contributed by atoms with Gasteiger partial charge >= 0.3 is 0 Å². The first-order valence-electron chi connectivity index (χ1n) is 7.65. The second-order valence-corrected chi connectivity index (χ2v) is 6.82. The van der Waals surface area contributed by atoms with E-state index in [1.165, 1.54) is 12.1 Å². The molecule has 3 rings (SSSR count). The lowest BCUT2D eigenvalue weighted by molar-refractivity contribution is 0.0947. The summed E-state index contributed by atoms with van der Waals surface area (Å²) in [4.78, 5) is 12.2. The van der Waals surface area contributed by atoms with E-state index in [2.05, 4.69) is 5.32 Å². The summed E-state index contributed by atoms with van der Waals surface area (Å²) in [5.74, 6) is -1.33. The van der Waals surface area contributed by atoms with Crippen molar-refractivity contribution in [2.45, 2.75) is 25.7 Å². The zero-order valence-electron chi connectivity index (χ0n) is 13.2. The van der Waals surface area contributed by atoms with Crippen LogP contribution in [0, 0.1) is 17.0 Å². The first-order valence-corrected chi connectivity index (χ1v) is 7.65. The first kappa shape index (κ1) is 15.7. The molecular weight excluding hydrogens is 296 g/mol. The number of nitrogens with one attached hydrogen (secondary N) is 1. The molecule has 0 aromatic heterocycles. The Labute approximate surface area is 134 Å². The standard InChI is InChI=1S/C19H19F2NO/c1-18(2)11-19(18,15-9-8-14(20)10-16(15)21)12-22-17(23)13-6-4-3-5-7-13/h3-10H,11-12H2,1-2H3,(H,22,23). The van der Waals surface area contributed by atoms with E-state index < -0.39 is 17.0 Å². The summed E-state index contributed by atoms with van der Waals surface area (Å²) in [6.45, 7) is 4.39. The zero-order chi connectivity index (χ0) is 16.7.